The van der Waals surface area contributed by atoms with Gasteiger partial charge in [-0.15, -0.1) is 0 Å². The first-order chi connectivity index (χ1) is 8.31. The molecule has 0 aliphatic rings. The van der Waals surface area contributed by atoms with Crippen molar-refractivity contribution < 1.29 is 0 Å². The molecule has 0 amide bonds. The fourth-order valence-electron chi connectivity index (χ4n) is 1.85. The Bertz CT molecular complexity index is 449. The molecule has 4 heteroatoms. The molecule has 0 fully saturated rings. The van der Waals surface area contributed by atoms with E-state index < -0.39 is 0 Å². The number of imidazole rings is 1. The average molecular weight is 230 g/mol. The molecule has 0 aliphatic heterocycles. The summed E-state index contributed by atoms with van der Waals surface area (Å²) in [5.41, 5.74) is 8.17. The van der Waals surface area contributed by atoms with Crippen LogP contribution < -0.4 is 11.1 Å². The van der Waals surface area contributed by atoms with Crippen LogP contribution in [0.3, 0.4) is 0 Å². The first kappa shape index (κ1) is 11.8. The van der Waals surface area contributed by atoms with Gasteiger partial charge in [0.1, 0.15) is 0 Å². The predicted octanol–water partition coefficient (Wildman–Crippen LogP) is 1.21. The molecule has 2 rings (SSSR count). The quantitative estimate of drug-likeness (QED) is 0.811. The second-order valence-corrected chi connectivity index (χ2v) is 4.08. The van der Waals surface area contributed by atoms with Crippen LogP contribution in [0.25, 0.3) is 0 Å². The smallest absolute Gasteiger partial charge is 0.0946 e. The number of benzene rings is 1. The van der Waals surface area contributed by atoms with Crippen molar-refractivity contribution >= 4 is 0 Å². The van der Waals surface area contributed by atoms with Gasteiger partial charge in [-0.2, -0.15) is 0 Å². The van der Waals surface area contributed by atoms with Crippen molar-refractivity contribution in [2.24, 2.45) is 12.8 Å². The van der Waals surface area contributed by atoms with Gasteiger partial charge in [-0.3, -0.25) is 0 Å². The van der Waals surface area contributed by atoms with Crippen molar-refractivity contribution in [3.63, 3.8) is 0 Å². The SMILES string of the molecule is Cn1cncc1C(CN)NCc1ccccc1. The Balaban J connectivity index is 2.00. The van der Waals surface area contributed by atoms with Gasteiger partial charge in [0.2, 0.25) is 0 Å². The number of nitrogens with zero attached hydrogens (tertiary/aromatic N) is 2. The summed E-state index contributed by atoms with van der Waals surface area (Å²) in [7, 11) is 1.98. The summed E-state index contributed by atoms with van der Waals surface area (Å²) >= 11 is 0. The molecule has 1 heterocycles. The van der Waals surface area contributed by atoms with Crippen LogP contribution in [0.1, 0.15) is 17.3 Å². The van der Waals surface area contributed by atoms with Gasteiger partial charge >= 0.3 is 0 Å². The molecule has 90 valence electrons. The Morgan fingerprint density at radius 3 is 2.71 bits per heavy atom. The number of nitrogens with two attached hydrogens (primary N) is 1. The Labute approximate surface area is 101 Å². The van der Waals surface area contributed by atoms with Crippen molar-refractivity contribution in [1.82, 2.24) is 14.9 Å². The summed E-state index contributed by atoms with van der Waals surface area (Å²) in [6.45, 7) is 1.38. The number of hydrogen-bond donors (Lipinski definition) is 2. The summed E-state index contributed by atoms with van der Waals surface area (Å²) in [6.07, 6.45) is 3.65. The molecular formula is C13H18N4. The average Bonchev–Trinajstić information content (AvgIpc) is 2.78. The maximum Gasteiger partial charge on any atom is 0.0946 e. The Morgan fingerprint density at radius 1 is 1.35 bits per heavy atom. The summed E-state index contributed by atoms with van der Waals surface area (Å²) in [6, 6.07) is 10.4. The van der Waals surface area contributed by atoms with Crippen molar-refractivity contribution in [2.75, 3.05) is 6.54 Å². The summed E-state index contributed by atoms with van der Waals surface area (Å²) in [5.74, 6) is 0. The lowest BCUT2D eigenvalue weighted by atomic mass is 10.2. The summed E-state index contributed by atoms with van der Waals surface area (Å²) in [4.78, 5) is 4.11. The third-order valence-electron chi connectivity index (χ3n) is 2.84. The van der Waals surface area contributed by atoms with Crippen LogP contribution in [0, 0.1) is 0 Å². The molecule has 3 N–H and O–H groups in total. The van der Waals surface area contributed by atoms with Gasteiger partial charge in [-0.1, -0.05) is 30.3 Å². The third-order valence-corrected chi connectivity index (χ3v) is 2.84. The zero-order valence-corrected chi connectivity index (χ0v) is 10.0. The maximum atomic E-state index is 5.79. The lowest BCUT2D eigenvalue weighted by Crippen LogP contribution is -2.29. The van der Waals surface area contributed by atoms with Crippen molar-refractivity contribution in [1.29, 1.82) is 0 Å². The van der Waals surface area contributed by atoms with Crippen molar-refractivity contribution in [3.05, 3.63) is 54.1 Å². The Kier molecular flexibility index (Phi) is 3.90. The Hall–Kier alpha value is -1.65. The summed E-state index contributed by atoms with van der Waals surface area (Å²) in [5, 5.41) is 3.44. The van der Waals surface area contributed by atoms with Gasteiger partial charge in [0, 0.05) is 26.3 Å². The first-order valence-electron chi connectivity index (χ1n) is 5.75. The minimum Gasteiger partial charge on any atom is -0.336 e. The highest BCUT2D eigenvalue weighted by molar-refractivity contribution is 5.15. The number of hydrogen-bond acceptors (Lipinski definition) is 3. The van der Waals surface area contributed by atoms with E-state index in [9.17, 15) is 0 Å². The first-order valence-corrected chi connectivity index (χ1v) is 5.75. The van der Waals surface area contributed by atoms with E-state index in [1.54, 1.807) is 6.33 Å². The van der Waals surface area contributed by atoms with Crippen molar-refractivity contribution in [2.45, 2.75) is 12.6 Å². The standard InChI is InChI=1S/C13H18N4/c1-17-10-15-9-13(17)12(7-14)16-8-11-5-3-2-4-6-11/h2-6,9-10,12,16H,7-8,14H2,1H3. The van der Waals surface area contributed by atoms with Crippen LogP contribution in [0.5, 0.6) is 0 Å². The lowest BCUT2D eigenvalue weighted by molar-refractivity contribution is 0.515. The van der Waals surface area contributed by atoms with E-state index in [2.05, 4.69) is 22.4 Å². The molecule has 2 aromatic rings. The van der Waals surface area contributed by atoms with Gasteiger partial charge in [0.25, 0.3) is 0 Å². The molecule has 0 saturated heterocycles. The number of aryl methyl sites for hydroxylation is 1. The van der Waals surface area contributed by atoms with Crippen LogP contribution in [0.4, 0.5) is 0 Å². The van der Waals surface area contributed by atoms with Gasteiger partial charge in [0.05, 0.1) is 18.1 Å². The van der Waals surface area contributed by atoms with E-state index in [1.165, 1.54) is 5.56 Å². The molecule has 4 nitrogen and oxygen atoms in total. The number of rotatable bonds is 5. The van der Waals surface area contributed by atoms with E-state index in [1.807, 2.05) is 36.0 Å². The van der Waals surface area contributed by atoms with Crippen LogP contribution >= 0.6 is 0 Å². The van der Waals surface area contributed by atoms with Gasteiger partial charge in [-0.25, -0.2) is 4.98 Å². The predicted molar refractivity (Wildman–Crippen MR) is 68.3 cm³/mol. The molecular weight excluding hydrogens is 212 g/mol. The largest absolute Gasteiger partial charge is 0.336 e. The molecule has 17 heavy (non-hydrogen) atoms. The van der Waals surface area contributed by atoms with Gasteiger partial charge in [-0.05, 0) is 5.56 Å². The molecule has 0 saturated carbocycles. The zero-order chi connectivity index (χ0) is 12.1. The highest BCUT2D eigenvalue weighted by Gasteiger charge is 2.11. The Morgan fingerprint density at radius 2 is 2.12 bits per heavy atom. The minimum absolute atomic E-state index is 0.141. The van der Waals surface area contributed by atoms with E-state index in [4.69, 9.17) is 5.73 Å². The normalized spacial score (nSPS) is 12.6. The second kappa shape index (κ2) is 5.61. The second-order valence-electron chi connectivity index (χ2n) is 4.08. The van der Waals surface area contributed by atoms with Gasteiger partial charge < -0.3 is 15.6 Å². The van der Waals surface area contributed by atoms with Crippen LogP contribution in [0.15, 0.2) is 42.9 Å². The van der Waals surface area contributed by atoms with Crippen LogP contribution in [-0.4, -0.2) is 16.1 Å². The molecule has 1 aromatic heterocycles. The van der Waals surface area contributed by atoms with E-state index in [0.717, 1.165) is 12.2 Å². The highest BCUT2D eigenvalue weighted by atomic mass is 15.1. The molecule has 0 aliphatic carbocycles. The van der Waals surface area contributed by atoms with E-state index in [0.29, 0.717) is 6.54 Å². The zero-order valence-electron chi connectivity index (χ0n) is 10.0. The lowest BCUT2D eigenvalue weighted by Gasteiger charge is -2.17. The number of nitrogens with one attached hydrogen (secondary N) is 1. The molecule has 1 unspecified atom stereocenters. The third kappa shape index (κ3) is 2.93. The molecule has 0 radical (unpaired) electrons. The monoisotopic (exact) mass is 230 g/mol. The topological polar surface area (TPSA) is 55.9 Å². The molecule has 1 atom stereocenters. The van der Waals surface area contributed by atoms with Crippen LogP contribution in [0.2, 0.25) is 0 Å². The summed E-state index contributed by atoms with van der Waals surface area (Å²) < 4.78 is 2.00. The van der Waals surface area contributed by atoms with Crippen molar-refractivity contribution in [3.8, 4) is 0 Å². The van der Waals surface area contributed by atoms with E-state index in [-0.39, 0.29) is 6.04 Å². The van der Waals surface area contributed by atoms with Gasteiger partial charge in [0.15, 0.2) is 0 Å². The maximum absolute atomic E-state index is 5.79. The fourth-order valence-corrected chi connectivity index (χ4v) is 1.85. The van der Waals surface area contributed by atoms with Crippen LogP contribution in [-0.2, 0) is 13.6 Å². The van der Waals surface area contributed by atoms with E-state index >= 15 is 0 Å². The molecule has 0 bridgehead atoms. The molecule has 0 spiro atoms. The highest BCUT2D eigenvalue weighted by Crippen LogP contribution is 2.11. The minimum atomic E-state index is 0.141. The molecule has 1 aromatic carbocycles. The fraction of sp³-hybridized carbons (Fsp3) is 0.308. The number of aromatic nitrogens is 2.